The topological polar surface area (TPSA) is 75.1 Å². The minimum absolute atomic E-state index is 0. The number of para-hydroxylation sites is 2. The minimum Gasteiger partial charge on any atom is -0.493 e. The van der Waals surface area contributed by atoms with Crippen LogP contribution in [0.5, 0.6) is 11.5 Å². The van der Waals surface area contributed by atoms with Gasteiger partial charge in [0.15, 0.2) is 17.5 Å². The molecule has 0 saturated heterocycles. The largest absolute Gasteiger partial charge is 0.493 e. The van der Waals surface area contributed by atoms with Gasteiger partial charge in [0.25, 0.3) is 0 Å². The van der Waals surface area contributed by atoms with Crippen LogP contribution in [0.2, 0.25) is 0 Å². The Labute approximate surface area is 190 Å². The average Bonchev–Trinajstić information content (AvgIpc) is 2.70. The quantitative estimate of drug-likeness (QED) is 0.271. The van der Waals surface area contributed by atoms with Crippen molar-refractivity contribution in [2.75, 3.05) is 26.7 Å². The summed E-state index contributed by atoms with van der Waals surface area (Å²) < 4.78 is 11.3. The first-order valence-corrected chi connectivity index (χ1v) is 9.60. The fourth-order valence-corrected chi connectivity index (χ4v) is 2.63. The molecule has 6 nitrogen and oxygen atoms in total. The molecule has 2 rings (SSSR count). The number of aryl methyl sites for hydroxylation is 1. The lowest BCUT2D eigenvalue weighted by molar-refractivity contribution is 0.187. The van der Waals surface area contributed by atoms with Crippen molar-refractivity contribution in [2.45, 2.75) is 33.0 Å². The van der Waals surface area contributed by atoms with Crippen LogP contribution < -0.4 is 20.1 Å². The van der Waals surface area contributed by atoms with Crippen LogP contribution in [0.25, 0.3) is 0 Å². The van der Waals surface area contributed by atoms with E-state index >= 15 is 0 Å². The summed E-state index contributed by atoms with van der Waals surface area (Å²) in [6, 6.07) is 15.4. The van der Waals surface area contributed by atoms with Crippen molar-refractivity contribution >= 4 is 29.9 Å². The Morgan fingerprint density at radius 2 is 1.72 bits per heavy atom. The molecular weight excluding hydrogens is 481 g/mol. The van der Waals surface area contributed by atoms with Gasteiger partial charge in [-0.2, -0.15) is 0 Å². The molecule has 0 fully saturated rings. The lowest BCUT2D eigenvalue weighted by Gasteiger charge is -2.19. The SMILES string of the molecule is CCNC(=NCC(O)c1ccc(C)cc1)NCC(C)Oc1ccccc1OC.I. The monoisotopic (exact) mass is 513 g/mol. The van der Waals surface area contributed by atoms with Crippen LogP contribution in [0.15, 0.2) is 53.5 Å². The second kappa shape index (κ2) is 13.3. The molecular formula is C22H32IN3O3. The number of hydrogen-bond donors (Lipinski definition) is 3. The number of hydrogen-bond acceptors (Lipinski definition) is 4. The highest BCUT2D eigenvalue weighted by Crippen LogP contribution is 2.26. The Morgan fingerprint density at radius 1 is 1.07 bits per heavy atom. The first-order valence-electron chi connectivity index (χ1n) is 9.60. The number of guanidine groups is 1. The van der Waals surface area contributed by atoms with E-state index in [-0.39, 0.29) is 36.6 Å². The molecule has 3 N–H and O–H groups in total. The highest BCUT2D eigenvalue weighted by molar-refractivity contribution is 14.0. The van der Waals surface area contributed by atoms with E-state index in [0.29, 0.717) is 24.0 Å². The maximum absolute atomic E-state index is 10.4. The number of nitrogens with zero attached hydrogens (tertiary/aromatic N) is 1. The Kier molecular flexibility index (Phi) is 11.5. The summed E-state index contributed by atoms with van der Waals surface area (Å²) in [6.45, 7) is 7.57. The normalized spacial score (nSPS) is 13.1. The Balaban J connectivity index is 0.00000420. The zero-order valence-electron chi connectivity index (χ0n) is 17.5. The summed E-state index contributed by atoms with van der Waals surface area (Å²) in [4.78, 5) is 4.49. The van der Waals surface area contributed by atoms with Crippen molar-refractivity contribution in [1.82, 2.24) is 10.6 Å². The van der Waals surface area contributed by atoms with Crippen LogP contribution in [0, 0.1) is 6.92 Å². The van der Waals surface area contributed by atoms with Crippen molar-refractivity contribution in [3.05, 3.63) is 59.7 Å². The van der Waals surface area contributed by atoms with Gasteiger partial charge in [-0.25, -0.2) is 0 Å². The lowest BCUT2D eigenvalue weighted by atomic mass is 10.1. The van der Waals surface area contributed by atoms with Crippen molar-refractivity contribution in [3.63, 3.8) is 0 Å². The standard InChI is InChI=1S/C22H31N3O3.HI/c1-5-23-22(25-15-19(26)18-12-10-16(2)11-13-18)24-14-17(3)28-21-9-7-6-8-20(21)27-4;/h6-13,17,19,26H,5,14-15H2,1-4H3,(H2,23,24,25);1H. The number of benzene rings is 2. The molecule has 0 aliphatic carbocycles. The van der Waals surface area contributed by atoms with E-state index in [4.69, 9.17) is 9.47 Å². The van der Waals surface area contributed by atoms with Crippen LogP contribution in [0.1, 0.15) is 31.1 Å². The van der Waals surface area contributed by atoms with E-state index in [2.05, 4.69) is 15.6 Å². The summed E-state index contributed by atoms with van der Waals surface area (Å²) >= 11 is 0. The van der Waals surface area contributed by atoms with Gasteiger partial charge in [0, 0.05) is 6.54 Å². The van der Waals surface area contributed by atoms with Gasteiger partial charge in [0.2, 0.25) is 0 Å². The van der Waals surface area contributed by atoms with Gasteiger partial charge in [-0.15, -0.1) is 24.0 Å². The van der Waals surface area contributed by atoms with Gasteiger partial charge >= 0.3 is 0 Å². The molecule has 2 aromatic rings. The first-order chi connectivity index (χ1) is 13.5. The van der Waals surface area contributed by atoms with Crippen molar-refractivity contribution in [2.24, 2.45) is 4.99 Å². The van der Waals surface area contributed by atoms with E-state index in [1.165, 1.54) is 5.56 Å². The number of aliphatic hydroxyl groups excluding tert-OH is 1. The average molecular weight is 513 g/mol. The molecule has 160 valence electrons. The Morgan fingerprint density at radius 3 is 2.34 bits per heavy atom. The summed E-state index contributed by atoms with van der Waals surface area (Å²) in [5.41, 5.74) is 2.02. The first kappa shape index (κ1) is 25.0. The molecule has 2 unspecified atom stereocenters. The molecule has 2 aromatic carbocycles. The summed E-state index contributed by atoms with van der Waals surface area (Å²) in [5.74, 6) is 2.05. The number of rotatable bonds is 9. The maximum atomic E-state index is 10.4. The summed E-state index contributed by atoms with van der Waals surface area (Å²) in [6.07, 6.45) is -0.736. The predicted octanol–water partition coefficient (Wildman–Crippen LogP) is 3.68. The van der Waals surface area contributed by atoms with Gasteiger partial charge in [-0.1, -0.05) is 42.0 Å². The van der Waals surface area contributed by atoms with E-state index in [1.54, 1.807) is 7.11 Å². The maximum Gasteiger partial charge on any atom is 0.191 e. The summed E-state index contributed by atoms with van der Waals surface area (Å²) in [7, 11) is 1.63. The third-order valence-electron chi connectivity index (χ3n) is 4.18. The van der Waals surface area contributed by atoms with E-state index in [0.717, 1.165) is 12.1 Å². The molecule has 7 heteroatoms. The van der Waals surface area contributed by atoms with Crippen LogP contribution in [-0.4, -0.2) is 43.9 Å². The molecule has 29 heavy (non-hydrogen) atoms. The number of aliphatic imine (C=N–C) groups is 1. The van der Waals surface area contributed by atoms with Crippen molar-refractivity contribution in [3.8, 4) is 11.5 Å². The number of methoxy groups -OCH3 is 1. The van der Waals surface area contributed by atoms with Crippen LogP contribution in [0.4, 0.5) is 0 Å². The van der Waals surface area contributed by atoms with Crippen LogP contribution >= 0.6 is 24.0 Å². The number of ether oxygens (including phenoxy) is 2. The zero-order valence-corrected chi connectivity index (χ0v) is 19.8. The van der Waals surface area contributed by atoms with Crippen molar-refractivity contribution in [1.29, 1.82) is 0 Å². The molecule has 0 radical (unpaired) electrons. The molecule has 0 saturated carbocycles. The molecule has 0 aromatic heterocycles. The number of halogens is 1. The summed E-state index contributed by atoms with van der Waals surface area (Å²) in [5, 5.41) is 16.8. The Bertz CT molecular complexity index is 753. The fraction of sp³-hybridized carbons (Fsp3) is 0.409. The predicted molar refractivity (Wildman–Crippen MR) is 129 cm³/mol. The molecule has 0 aliphatic heterocycles. The van der Waals surface area contributed by atoms with Gasteiger partial charge < -0.3 is 25.2 Å². The van der Waals surface area contributed by atoms with Crippen LogP contribution in [0.3, 0.4) is 0 Å². The van der Waals surface area contributed by atoms with E-state index in [9.17, 15) is 5.11 Å². The number of nitrogens with one attached hydrogen (secondary N) is 2. The van der Waals surface area contributed by atoms with Gasteiger partial charge in [0.05, 0.1) is 26.3 Å². The Hall–Kier alpha value is -2.00. The molecule has 0 aliphatic rings. The third-order valence-corrected chi connectivity index (χ3v) is 4.18. The molecule has 2 atom stereocenters. The van der Waals surface area contributed by atoms with E-state index in [1.807, 2.05) is 69.3 Å². The lowest BCUT2D eigenvalue weighted by Crippen LogP contribution is -2.42. The van der Waals surface area contributed by atoms with Crippen molar-refractivity contribution < 1.29 is 14.6 Å². The van der Waals surface area contributed by atoms with Gasteiger partial charge in [0.1, 0.15) is 6.10 Å². The zero-order chi connectivity index (χ0) is 20.4. The third kappa shape index (κ3) is 8.49. The molecule has 0 heterocycles. The van der Waals surface area contributed by atoms with Gasteiger partial charge in [-0.3, -0.25) is 4.99 Å². The van der Waals surface area contributed by atoms with Crippen LogP contribution in [-0.2, 0) is 0 Å². The highest BCUT2D eigenvalue weighted by Gasteiger charge is 2.11. The second-order valence-corrected chi connectivity index (χ2v) is 6.61. The smallest absolute Gasteiger partial charge is 0.191 e. The highest BCUT2D eigenvalue weighted by atomic mass is 127. The molecule has 0 bridgehead atoms. The fourth-order valence-electron chi connectivity index (χ4n) is 2.63. The molecule has 0 amide bonds. The van der Waals surface area contributed by atoms with E-state index < -0.39 is 6.10 Å². The minimum atomic E-state index is -0.640. The molecule has 0 spiro atoms. The second-order valence-electron chi connectivity index (χ2n) is 6.61. The van der Waals surface area contributed by atoms with Gasteiger partial charge in [-0.05, 0) is 38.5 Å². The number of aliphatic hydroxyl groups is 1.